The van der Waals surface area contributed by atoms with Gasteiger partial charge in [-0.3, -0.25) is 0 Å². The summed E-state index contributed by atoms with van der Waals surface area (Å²) in [6.45, 7) is 10.3. The van der Waals surface area contributed by atoms with E-state index < -0.39 is 0 Å². The minimum atomic E-state index is 0.749. The fourth-order valence-electron chi connectivity index (χ4n) is 2.63. The van der Waals surface area contributed by atoms with Gasteiger partial charge in [-0.25, -0.2) is 0 Å². The molecule has 0 aromatic carbocycles. The molecule has 1 rings (SSSR count). The van der Waals surface area contributed by atoms with Gasteiger partial charge in [0.15, 0.2) is 0 Å². The molecule has 84 valence electrons. The number of nitrogens with two attached hydrogens (primary N) is 1. The molecule has 0 aromatic rings. The maximum Gasteiger partial charge on any atom is 0.00707 e. The summed E-state index contributed by atoms with van der Waals surface area (Å²) in [4.78, 5) is 2.62. The standard InChI is InChI=1S/C12H26N2/c1-4-5-10(2)8-14-9-12(7-13)6-11(14)3/h10-12H,4-9,13H2,1-3H3. The van der Waals surface area contributed by atoms with Gasteiger partial charge >= 0.3 is 0 Å². The van der Waals surface area contributed by atoms with Crippen LogP contribution in [0.25, 0.3) is 0 Å². The van der Waals surface area contributed by atoms with Gasteiger partial charge in [0.05, 0.1) is 0 Å². The van der Waals surface area contributed by atoms with Crippen LogP contribution in [-0.4, -0.2) is 30.6 Å². The molecule has 0 spiro atoms. The SMILES string of the molecule is CCCC(C)CN1CC(CN)CC1C. The molecule has 14 heavy (non-hydrogen) atoms. The lowest BCUT2D eigenvalue weighted by atomic mass is 10.1. The van der Waals surface area contributed by atoms with Crippen LogP contribution in [0, 0.1) is 11.8 Å². The fourth-order valence-corrected chi connectivity index (χ4v) is 2.63. The molecule has 0 aliphatic carbocycles. The monoisotopic (exact) mass is 198 g/mol. The molecule has 2 nitrogen and oxygen atoms in total. The molecule has 0 amide bonds. The second kappa shape index (κ2) is 5.72. The van der Waals surface area contributed by atoms with Crippen LogP contribution in [0.5, 0.6) is 0 Å². The largest absolute Gasteiger partial charge is 0.330 e. The van der Waals surface area contributed by atoms with E-state index >= 15 is 0 Å². The summed E-state index contributed by atoms with van der Waals surface area (Å²) in [6, 6.07) is 0.753. The minimum Gasteiger partial charge on any atom is -0.330 e. The molecule has 1 fully saturated rings. The molecule has 0 saturated carbocycles. The summed E-state index contributed by atoms with van der Waals surface area (Å²) < 4.78 is 0. The molecule has 3 unspecified atom stereocenters. The van der Waals surface area contributed by atoms with E-state index in [1.54, 1.807) is 0 Å². The molecule has 0 radical (unpaired) electrons. The molecule has 1 heterocycles. The van der Waals surface area contributed by atoms with Gasteiger partial charge in [0.2, 0.25) is 0 Å². The molecule has 0 bridgehead atoms. The van der Waals surface area contributed by atoms with Crippen LogP contribution < -0.4 is 5.73 Å². The lowest BCUT2D eigenvalue weighted by molar-refractivity contribution is 0.223. The number of hydrogen-bond acceptors (Lipinski definition) is 2. The number of likely N-dealkylation sites (tertiary alicyclic amines) is 1. The highest BCUT2D eigenvalue weighted by Gasteiger charge is 2.28. The van der Waals surface area contributed by atoms with Crippen LogP contribution in [0.1, 0.15) is 40.0 Å². The van der Waals surface area contributed by atoms with Crippen LogP contribution >= 0.6 is 0 Å². The van der Waals surface area contributed by atoms with Gasteiger partial charge < -0.3 is 10.6 Å². The Morgan fingerprint density at radius 1 is 1.50 bits per heavy atom. The first-order valence-electron chi connectivity index (χ1n) is 6.11. The first kappa shape index (κ1) is 12.0. The van der Waals surface area contributed by atoms with Crippen LogP contribution in [0.4, 0.5) is 0 Å². The fraction of sp³-hybridized carbons (Fsp3) is 1.00. The van der Waals surface area contributed by atoms with Crippen molar-refractivity contribution in [2.45, 2.75) is 46.1 Å². The van der Waals surface area contributed by atoms with Crippen molar-refractivity contribution in [2.75, 3.05) is 19.6 Å². The topological polar surface area (TPSA) is 29.3 Å². The van der Waals surface area contributed by atoms with Crippen molar-refractivity contribution in [1.82, 2.24) is 4.90 Å². The van der Waals surface area contributed by atoms with Crippen molar-refractivity contribution in [2.24, 2.45) is 17.6 Å². The number of rotatable bonds is 5. The lowest BCUT2D eigenvalue weighted by Gasteiger charge is -2.24. The van der Waals surface area contributed by atoms with Gasteiger partial charge in [-0.2, -0.15) is 0 Å². The Morgan fingerprint density at radius 3 is 2.71 bits per heavy atom. The average Bonchev–Trinajstić information content (AvgIpc) is 2.48. The Balaban J connectivity index is 2.30. The Kier molecular flexibility index (Phi) is 4.90. The smallest absolute Gasteiger partial charge is 0.00707 e. The normalized spacial score (nSPS) is 30.9. The third-order valence-electron chi connectivity index (χ3n) is 3.45. The van der Waals surface area contributed by atoms with Gasteiger partial charge in [-0.05, 0) is 38.1 Å². The Hall–Kier alpha value is -0.0800. The highest BCUT2D eigenvalue weighted by atomic mass is 15.2. The zero-order valence-corrected chi connectivity index (χ0v) is 10.00. The maximum atomic E-state index is 5.72. The van der Waals surface area contributed by atoms with Crippen LogP contribution in [-0.2, 0) is 0 Å². The molecule has 2 heteroatoms. The first-order chi connectivity index (χ1) is 6.67. The Labute approximate surface area is 88.8 Å². The van der Waals surface area contributed by atoms with Crippen LogP contribution in [0.3, 0.4) is 0 Å². The zero-order valence-electron chi connectivity index (χ0n) is 10.00. The van der Waals surface area contributed by atoms with E-state index in [0.717, 1.165) is 24.4 Å². The molecular formula is C12H26N2. The van der Waals surface area contributed by atoms with Gasteiger partial charge in [0, 0.05) is 19.1 Å². The summed E-state index contributed by atoms with van der Waals surface area (Å²) in [5, 5.41) is 0. The van der Waals surface area contributed by atoms with E-state index in [1.165, 1.54) is 32.4 Å². The van der Waals surface area contributed by atoms with E-state index in [4.69, 9.17) is 5.73 Å². The van der Waals surface area contributed by atoms with Crippen molar-refractivity contribution < 1.29 is 0 Å². The van der Waals surface area contributed by atoms with E-state index in [2.05, 4.69) is 25.7 Å². The summed E-state index contributed by atoms with van der Waals surface area (Å²) in [6.07, 6.45) is 3.97. The summed E-state index contributed by atoms with van der Waals surface area (Å²) >= 11 is 0. The Bertz CT molecular complexity index is 158. The maximum absolute atomic E-state index is 5.72. The van der Waals surface area contributed by atoms with Gasteiger partial charge in [-0.15, -0.1) is 0 Å². The van der Waals surface area contributed by atoms with Crippen molar-refractivity contribution in [3.63, 3.8) is 0 Å². The molecular weight excluding hydrogens is 172 g/mol. The van der Waals surface area contributed by atoms with Gasteiger partial charge in [-0.1, -0.05) is 20.3 Å². The number of hydrogen-bond donors (Lipinski definition) is 1. The molecule has 0 aromatic heterocycles. The molecule has 2 N–H and O–H groups in total. The van der Waals surface area contributed by atoms with Crippen molar-refractivity contribution in [3.8, 4) is 0 Å². The van der Waals surface area contributed by atoms with Crippen LogP contribution in [0.15, 0.2) is 0 Å². The molecule has 1 aliphatic heterocycles. The van der Waals surface area contributed by atoms with Crippen molar-refractivity contribution in [1.29, 1.82) is 0 Å². The molecule has 1 aliphatic rings. The predicted molar refractivity (Wildman–Crippen MR) is 62.3 cm³/mol. The van der Waals surface area contributed by atoms with Gasteiger partial charge in [0.1, 0.15) is 0 Å². The van der Waals surface area contributed by atoms with E-state index in [9.17, 15) is 0 Å². The third kappa shape index (κ3) is 3.25. The van der Waals surface area contributed by atoms with Crippen LogP contribution in [0.2, 0.25) is 0 Å². The summed E-state index contributed by atoms with van der Waals surface area (Å²) in [7, 11) is 0. The number of nitrogens with zero attached hydrogens (tertiary/aromatic N) is 1. The highest BCUT2D eigenvalue weighted by molar-refractivity contribution is 4.83. The highest BCUT2D eigenvalue weighted by Crippen LogP contribution is 2.23. The van der Waals surface area contributed by atoms with Crippen molar-refractivity contribution >= 4 is 0 Å². The second-order valence-electron chi connectivity index (χ2n) is 5.03. The predicted octanol–water partition coefficient (Wildman–Crippen LogP) is 2.09. The van der Waals surface area contributed by atoms with E-state index in [0.29, 0.717) is 0 Å². The first-order valence-corrected chi connectivity index (χ1v) is 6.11. The molecule has 3 atom stereocenters. The second-order valence-corrected chi connectivity index (χ2v) is 5.03. The minimum absolute atomic E-state index is 0.749. The summed E-state index contributed by atoms with van der Waals surface area (Å²) in [5.41, 5.74) is 5.72. The van der Waals surface area contributed by atoms with Crippen molar-refractivity contribution in [3.05, 3.63) is 0 Å². The molecule has 1 saturated heterocycles. The quantitative estimate of drug-likeness (QED) is 0.733. The lowest BCUT2D eigenvalue weighted by Crippen LogP contribution is -2.32. The van der Waals surface area contributed by atoms with E-state index in [-0.39, 0.29) is 0 Å². The zero-order chi connectivity index (χ0) is 10.6. The average molecular weight is 198 g/mol. The summed E-state index contributed by atoms with van der Waals surface area (Å²) in [5.74, 6) is 1.60. The van der Waals surface area contributed by atoms with E-state index in [1.807, 2.05) is 0 Å². The van der Waals surface area contributed by atoms with Gasteiger partial charge in [0.25, 0.3) is 0 Å². The third-order valence-corrected chi connectivity index (χ3v) is 3.45. The Morgan fingerprint density at radius 2 is 2.21 bits per heavy atom.